The van der Waals surface area contributed by atoms with Gasteiger partial charge in [0, 0.05) is 18.8 Å². The monoisotopic (exact) mass is 257 g/mol. The molecule has 1 atom stereocenters. The highest BCUT2D eigenvalue weighted by Crippen LogP contribution is 2.18. The van der Waals surface area contributed by atoms with Crippen LogP contribution in [0, 0.1) is 0 Å². The van der Waals surface area contributed by atoms with Crippen molar-refractivity contribution in [3.8, 4) is 0 Å². The molecular weight excluding hydrogens is 242 g/mol. The number of nitrogens with one attached hydrogen (secondary N) is 1. The molecule has 0 radical (unpaired) electrons. The first-order valence-electron chi connectivity index (χ1n) is 4.62. The summed E-state index contributed by atoms with van der Waals surface area (Å²) >= 11 is 3.44. The van der Waals surface area contributed by atoms with Crippen molar-refractivity contribution in [3.05, 3.63) is 22.8 Å². The van der Waals surface area contributed by atoms with Gasteiger partial charge in [-0.1, -0.05) is 0 Å². The van der Waals surface area contributed by atoms with Gasteiger partial charge in [0.25, 0.3) is 0 Å². The molecule has 1 N–H and O–H groups in total. The number of hydrogen-bond acceptors (Lipinski definition) is 3. The predicted molar refractivity (Wildman–Crippen MR) is 63.6 cm³/mol. The molecular formula is C10H16BrN3. The van der Waals surface area contributed by atoms with E-state index in [4.69, 9.17) is 0 Å². The highest BCUT2D eigenvalue weighted by atomic mass is 79.9. The fourth-order valence-corrected chi connectivity index (χ4v) is 1.34. The van der Waals surface area contributed by atoms with E-state index in [9.17, 15) is 0 Å². The summed E-state index contributed by atoms with van der Waals surface area (Å²) in [6, 6.07) is 4.38. The molecule has 0 fully saturated rings. The third kappa shape index (κ3) is 3.27. The van der Waals surface area contributed by atoms with Gasteiger partial charge < -0.3 is 10.2 Å². The van der Waals surface area contributed by atoms with E-state index in [0.717, 1.165) is 16.8 Å². The lowest BCUT2D eigenvalue weighted by atomic mass is 10.3. The van der Waals surface area contributed by atoms with Crippen molar-refractivity contribution in [1.29, 1.82) is 0 Å². The minimum atomic E-state index is 0.490. The minimum absolute atomic E-state index is 0.490. The largest absolute Gasteiger partial charge is 0.368 e. The van der Waals surface area contributed by atoms with Gasteiger partial charge in [-0.25, -0.2) is 4.98 Å². The van der Waals surface area contributed by atoms with Crippen LogP contribution < -0.4 is 5.32 Å². The van der Waals surface area contributed by atoms with Crippen LogP contribution in [0.5, 0.6) is 0 Å². The summed E-state index contributed by atoms with van der Waals surface area (Å²) in [6.45, 7) is 3.06. The second-order valence-corrected chi connectivity index (χ2v) is 4.38. The Labute approximate surface area is 93.7 Å². The first-order valence-corrected chi connectivity index (χ1v) is 5.41. The van der Waals surface area contributed by atoms with Crippen LogP contribution in [0.4, 0.5) is 5.82 Å². The van der Waals surface area contributed by atoms with Crippen molar-refractivity contribution in [2.24, 2.45) is 0 Å². The normalized spacial score (nSPS) is 12.9. The number of likely N-dealkylation sites (N-methyl/N-ethyl adjacent to an activating group) is 1. The molecule has 1 aromatic heterocycles. The molecule has 1 unspecified atom stereocenters. The zero-order valence-corrected chi connectivity index (χ0v) is 10.4. The average molecular weight is 258 g/mol. The zero-order chi connectivity index (χ0) is 10.6. The number of nitrogens with zero attached hydrogens (tertiary/aromatic N) is 2. The average Bonchev–Trinajstić information content (AvgIpc) is 2.16. The highest BCUT2D eigenvalue weighted by Gasteiger charge is 2.05. The van der Waals surface area contributed by atoms with Crippen molar-refractivity contribution in [3.63, 3.8) is 0 Å². The Morgan fingerprint density at radius 1 is 1.57 bits per heavy atom. The molecule has 4 heteroatoms. The van der Waals surface area contributed by atoms with E-state index in [1.54, 1.807) is 6.20 Å². The Balaban J connectivity index is 2.50. The number of pyridine rings is 1. The molecule has 0 aliphatic rings. The van der Waals surface area contributed by atoms with E-state index < -0.39 is 0 Å². The van der Waals surface area contributed by atoms with Crippen LogP contribution in [-0.4, -0.2) is 36.6 Å². The van der Waals surface area contributed by atoms with Gasteiger partial charge in [-0.2, -0.15) is 0 Å². The summed E-state index contributed by atoms with van der Waals surface area (Å²) in [5.74, 6) is 0.904. The van der Waals surface area contributed by atoms with Gasteiger partial charge in [0.2, 0.25) is 0 Å². The van der Waals surface area contributed by atoms with Crippen LogP contribution in [-0.2, 0) is 0 Å². The summed E-state index contributed by atoms with van der Waals surface area (Å²) in [5.41, 5.74) is 0. The Morgan fingerprint density at radius 2 is 2.29 bits per heavy atom. The van der Waals surface area contributed by atoms with E-state index in [1.807, 2.05) is 12.1 Å². The zero-order valence-electron chi connectivity index (χ0n) is 8.79. The molecule has 3 nitrogen and oxygen atoms in total. The summed E-state index contributed by atoms with van der Waals surface area (Å²) in [5, 5.41) is 3.29. The molecule has 0 saturated carbocycles. The SMILES string of the molecule is CC(CNc1ncccc1Br)N(C)C. The molecule has 1 rings (SSSR count). The van der Waals surface area contributed by atoms with Gasteiger partial charge >= 0.3 is 0 Å². The van der Waals surface area contributed by atoms with Crippen molar-refractivity contribution in [2.45, 2.75) is 13.0 Å². The maximum atomic E-state index is 4.23. The number of anilines is 1. The maximum absolute atomic E-state index is 4.23. The molecule has 0 spiro atoms. The van der Waals surface area contributed by atoms with Crippen LogP contribution in [0.15, 0.2) is 22.8 Å². The van der Waals surface area contributed by atoms with E-state index >= 15 is 0 Å². The summed E-state index contributed by atoms with van der Waals surface area (Å²) in [6.07, 6.45) is 1.79. The first kappa shape index (κ1) is 11.5. The van der Waals surface area contributed by atoms with Crippen LogP contribution >= 0.6 is 15.9 Å². The second kappa shape index (κ2) is 5.32. The number of hydrogen-bond donors (Lipinski definition) is 1. The van der Waals surface area contributed by atoms with Crippen LogP contribution in [0.1, 0.15) is 6.92 Å². The third-order valence-electron chi connectivity index (χ3n) is 2.20. The molecule has 0 aliphatic carbocycles. The van der Waals surface area contributed by atoms with E-state index in [-0.39, 0.29) is 0 Å². The molecule has 0 aromatic carbocycles. The van der Waals surface area contributed by atoms with Gasteiger partial charge in [-0.3, -0.25) is 0 Å². The minimum Gasteiger partial charge on any atom is -0.368 e. The van der Waals surface area contributed by atoms with Crippen molar-refractivity contribution >= 4 is 21.7 Å². The topological polar surface area (TPSA) is 28.2 Å². The Morgan fingerprint density at radius 3 is 2.86 bits per heavy atom. The van der Waals surface area contributed by atoms with E-state index in [0.29, 0.717) is 6.04 Å². The molecule has 0 bridgehead atoms. The summed E-state index contributed by atoms with van der Waals surface area (Å²) in [4.78, 5) is 6.40. The Hall–Kier alpha value is -0.610. The number of halogens is 1. The van der Waals surface area contributed by atoms with Gasteiger partial charge in [0.15, 0.2) is 0 Å². The van der Waals surface area contributed by atoms with Gasteiger partial charge in [0.1, 0.15) is 5.82 Å². The van der Waals surface area contributed by atoms with E-state index in [2.05, 4.69) is 52.1 Å². The van der Waals surface area contributed by atoms with Gasteiger partial charge in [-0.05, 0) is 49.1 Å². The number of aromatic nitrogens is 1. The lowest BCUT2D eigenvalue weighted by Crippen LogP contribution is -2.31. The predicted octanol–water partition coefficient (Wildman–Crippen LogP) is 2.21. The van der Waals surface area contributed by atoms with Crippen molar-refractivity contribution in [1.82, 2.24) is 9.88 Å². The van der Waals surface area contributed by atoms with Crippen LogP contribution in [0.25, 0.3) is 0 Å². The molecule has 0 amide bonds. The number of rotatable bonds is 4. The standard InChI is InChI=1S/C10H16BrN3/c1-8(14(2)3)7-13-10-9(11)5-4-6-12-10/h4-6,8H,7H2,1-3H3,(H,12,13). The van der Waals surface area contributed by atoms with Crippen LogP contribution in [0.3, 0.4) is 0 Å². The molecule has 1 aromatic rings. The van der Waals surface area contributed by atoms with E-state index in [1.165, 1.54) is 0 Å². The van der Waals surface area contributed by atoms with Crippen LogP contribution in [0.2, 0.25) is 0 Å². The summed E-state index contributed by atoms with van der Waals surface area (Å²) in [7, 11) is 4.14. The lowest BCUT2D eigenvalue weighted by Gasteiger charge is -2.20. The molecule has 0 aliphatic heterocycles. The quantitative estimate of drug-likeness (QED) is 0.897. The molecule has 14 heavy (non-hydrogen) atoms. The molecule has 1 heterocycles. The van der Waals surface area contributed by atoms with Gasteiger partial charge in [0.05, 0.1) is 4.47 Å². The second-order valence-electron chi connectivity index (χ2n) is 3.53. The fraction of sp³-hybridized carbons (Fsp3) is 0.500. The summed E-state index contributed by atoms with van der Waals surface area (Å²) < 4.78 is 1.01. The highest BCUT2D eigenvalue weighted by molar-refractivity contribution is 9.10. The Kier molecular flexibility index (Phi) is 4.35. The first-order chi connectivity index (χ1) is 6.61. The van der Waals surface area contributed by atoms with Crippen molar-refractivity contribution in [2.75, 3.05) is 26.0 Å². The Bertz CT molecular complexity index is 288. The smallest absolute Gasteiger partial charge is 0.140 e. The lowest BCUT2D eigenvalue weighted by molar-refractivity contribution is 0.326. The fourth-order valence-electron chi connectivity index (χ4n) is 0.943. The molecule has 78 valence electrons. The van der Waals surface area contributed by atoms with Crippen molar-refractivity contribution < 1.29 is 0 Å². The molecule has 0 saturated heterocycles. The maximum Gasteiger partial charge on any atom is 0.140 e. The van der Waals surface area contributed by atoms with Gasteiger partial charge in [-0.15, -0.1) is 0 Å². The third-order valence-corrected chi connectivity index (χ3v) is 2.84.